The maximum atomic E-state index is 12.6. The van der Waals surface area contributed by atoms with E-state index in [4.69, 9.17) is 4.74 Å². The van der Waals surface area contributed by atoms with E-state index in [1.54, 1.807) is 6.07 Å². The van der Waals surface area contributed by atoms with Gasteiger partial charge in [-0.05, 0) is 31.7 Å². The van der Waals surface area contributed by atoms with Crippen LogP contribution in [0.5, 0.6) is 5.75 Å². The monoisotopic (exact) mass is 300 g/mol. The van der Waals surface area contributed by atoms with E-state index in [9.17, 15) is 18.0 Å². The lowest BCUT2D eigenvalue weighted by atomic mass is 9.78. The molecule has 1 aromatic rings. The molecular weight excluding hydrogens is 281 g/mol. The van der Waals surface area contributed by atoms with Gasteiger partial charge in [0.2, 0.25) is 0 Å². The molecule has 0 radical (unpaired) electrons. The van der Waals surface area contributed by atoms with Crippen LogP contribution in [0.4, 0.5) is 13.2 Å². The van der Waals surface area contributed by atoms with Crippen LogP contribution in [-0.4, -0.2) is 19.1 Å². The van der Waals surface area contributed by atoms with Gasteiger partial charge in [0.25, 0.3) is 0 Å². The summed E-state index contributed by atoms with van der Waals surface area (Å²) in [5.41, 5.74) is 0.794. The Morgan fingerprint density at radius 2 is 1.81 bits per heavy atom. The van der Waals surface area contributed by atoms with Crippen molar-refractivity contribution in [3.63, 3.8) is 0 Å². The third-order valence-electron chi connectivity index (χ3n) is 4.20. The number of ketones is 1. The molecule has 0 bridgehead atoms. The minimum Gasteiger partial charge on any atom is -0.496 e. The fourth-order valence-electron chi connectivity index (χ4n) is 2.92. The van der Waals surface area contributed by atoms with Gasteiger partial charge in [-0.3, -0.25) is 4.79 Å². The summed E-state index contributed by atoms with van der Waals surface area (Å²) in [6.45, 7) is 0. The van der Waals surface area contributed by atoms with E-state index < -0.39 is 12.1 Å². The van der Waals surface area contributed by atoms with Gasteiger partial charge < -0.3 is 4.74 Å². The van der Waals surface area contributed by atoms with E-state index >= 15 is 0 Å². The molecule has 1 aromatic carbocycles. The summed E-state index contributed by atoms with van der Waals surface area (Å²) in [5.74, 6) is -0.837. The van der Waals surface area contributed by atoms with Crippen molar-refractivity contribution in [3.8, 4) is 5.75 Å². The third-order valence-corrected chi connectivity index (χ3v) is 4.20. The molecule has 0 amide bonds. The molecule has 1 aliphatic carbocycles. The quantitative estimate of drug-likeness (QED) is 0.834. The van der Waals surface area contributed by atoms with Crippen LogP contribution >= 0.6 is 0 Å². The van der Waals surface area contributed by atoms with Gasteiger partial charge in [0.05, 0.1) is 13.0 Å². The predicted octanol–water partition coefficient (Wildman–Crippen LogP) is 4.18. The van der Waals surface area contributed by atoms with Gasteiger partial charge in [-0.25, -0.2) is 0 Å². The van der Waals surface area contributed by atoms with Crippen LogP contribution in [0, 0.1) is 11.8 Å². The highest BCUT2D eigenvalue weighted by Gasteiger charge is 2.42. The molecule has 1 saturated carbocycles. The second-order valence-electron chi connectivity index (χ2n) is 5.55. The number of hydrogen-bond acceptors (Lipinski definition) is 2. The van der Waals surface area contributed by atoms with Crippen molar-refractivity contribution in [2.45, 2.75) is 38.3 Å². The van der Waals surface area contributed by atoms with Crippen LogP contribution in [0.1, 0.15) is 31.2 Å². The Labute approximate surface area is 122 Å². The molecule has 0 aliphatic heterocycles. The van der Waals surface area contributed by atoms with Gasteiger partial charge in [-0.2, -0.15) is 13.2 Å². The molecule has 2 nitrogen and oxygen atoms in total. The first kappa shape index (κ1) is 15.9. The van der Waals surface area contributed by atoms with Crippen molar-refractivity contribution in [2.24, 2.45) is 11.8 Å². The average molecular weight is 300 g/mol. The molecule has 1 aliphatic rings. The van der Waals surface area contributed by atoms with E-state index in [0.717, 1.165) is 5.56 Å². The number of methoxy groups -OCH3 is 1. The molecular formula is C16H19F3O2. The molecule has 2 rings (SSSR count). The van der Waals surface area contributed by atoms with Crippen molar-refractivity contribution in [3.05, 3.63) is 29.8 Å². The summed E-state index contributed by atoms with van der Waals surface area (Å²) < 4.78 is 43.0. The Balaban J connectivity index is 1.94. The van der Waals surface area contributed by atoms with Gasteiger partial charge in [0.1, 0.15) is 11.5 Å². The minimum atomic E-state index is -4.13. The number of halogens is 3. The number of ether oxygens (including phenoxy) is 1. The Morgan fingerprint density at radius 1 is 1.19 bits per heavy atom. The number of carbonyl (C=O) groups is 1. The van der Waals surface area contributed by atoms with Crippen LogP contribution < -0.4 is 4.74 Å². The summed E-state index contributed by atoms with van der Waals surface area (Å²) in [6.07, 6.45) is -3.12. The summed E-state index contributed by atoms with van der Waals surface area (Å²) >= 11 is 0. The fraction of sp³-hybridized carbons (Fsp3) is 0.562. The zero-order chi connectivity index (χ0) is 15.5. The van der Waals surface area contributed by atoms with E-state index in [2.05, 4.69) is 0 Å². The van der Waals surface area contributed by atoms with E-state index in [-0.39, 0.29) is 31.0 Å². The second-order valence-corrected chi connectivity index (χ2v) is 5.55. The molecule has 0 N–H and O–H groups in total. The Morgan fingerprint density at radius 3 is 2.38 bits per heavy atom. The normalized spacial score (nSPS) is 22.9. The largest absolute Gasteiger partial charge is 0.496 e. The van der Waals surface area contributed by atoms with E-state index in [0.29, 0.717) is 18.6 Å². The van der Waals surface area contributed by atoms with Gasteiger partial charge >= 0.3 is 6.18 Å². The van der Waals surface area contributed by atoms with Gasteiger partial charge in [-0.1, -0.05) is 18.2 Å². The van der Waals surface area contributed by atoms with Crippen LogP contribution in [0.25, 0.3) is 0 Å². The number of Topliss-reactive ketones (excluding diaryl/α,β-unsaturated/α-hetero) is 1. The molecule has 0 atom stereocenters. The number of alkyl halides is 3. The highest BCUT2D eigenvalue weighted by Crippen LogP contribution is 2.40. The van der Waals surface area contributed by atoms with Crippen molar-refractivity contribution in [1.29, 1.82) is 0 Å². The number of hydrogen-bond donors (Lipinski definition) is 0. The van der Waals surface area contributed by atoms with Crippen molar-refractivity contribution >= 4 is 5.78 Å². The SMILES string of the molecule is COc1ccccc1CC(=O)C1CCC(C(F)(F)F)CC1. The molecule has 1 fully saturated rings. The predicted molar refractivity (Wildman–Crippen MR) is 73.2 cm³/mol. The van der Waals surface area contributed by atoms with E-state index in [1.807, 2.05) is 18.2 Å². The second kappa shape index (κ2) is 6.50. The molecule has 0 heterocycles. The maximum absolute atomic E-state index is 12.6. The zero-order valence-electron chi connectivity index (χ0n) is 12.0. The first-order valence-corrected chi connectivity index (χ1v) is 7.13. The van der Waals surface area contributed by atoms with Crippen LogP contribution in [-0.2, 0) is 11.2 Å². The van der Waals surface area contributed by atoms with E-state index in [1.165, 1.54) is 7.11 Å². The molecule has 5 heteroatoms. The van der Waals surface area contributed by atoms with Crippen LogP contribution in [0.15, 0.2) is 24.3 Å². The van der Waals surface area contributed by atoms with Crippen molar-refractivity contribution in [2.75, 3.05) is 7.11 Å². The highest BCUT2D eigenvalue weighted by atomic mass is 19.4. The number of para-hydroxylation sites is 1. The lowest BCUT2D eigenvalue weighted by Gasteiger charge is -2.29. The molecule has 0 aromatic heterocycles. The Bertz CT molecular complexity index is 489. The van der Waals surface area contributed by atoms with Crippen molar-refractivity contribution < 1.29 is 22.7 Å². The molecule has 21 heavy (non-hydrogen) atoms. The van der Waals surface area contributed by atoms with Crippen LogP contribution in [0.3, 0.4) is 0 Å². The summed E-state index contributed by atoms with van der Waals surface area (Å²) in [4.78, 5) is 12.3. The average Bonchev–Trinajstić information content (AvgIpc) is 2.47. The minimum absolute atomic E-state index is 0.0140. The summed E-state index contributed by atoms with van der Waals surface area (Å²) in [5, 5.41) is 0. The number of carbonyl (C=O) groups excluding carboxylic acids is 1. The first-order valence-electron chi connectivity index (χ1n) is 7.13. The molecule has 0 unspecified atom stereocenters. The Hall–Kier alpha value is -1.52. The third kappa shape index (κ3) is 3.99. The zero-order valence-corrected chi connectivity index (χ0v) is 12.0. The standard InChI is InChI=1S/C16H19F3O2/c1-21-15-5-3-2-4-12(15)10-14(20)11-6-8-13(9-7-11)16(17,18)19/h2-5,11,13H,6-10H2,1H3. The Kier molecular flexibility index (Phi) is 4.91. The van der Waals surface area contributed by atoms with Crippen molar-refractivity contribution in [1.82, 2.24) is 0 Å². The number of rotatable bonds is 4. The van der Waals surface area contributed by atoms with Gasteiger partial charge in [0.15, 0.2) is 0 Å². The summed E-state index contributed by atoms with van der Waals surface area (Å²) in [6, 6.07) is 7.24. The highest BCUT2D eigenvalue weighted by molar-refractivity contribution is 5.83. The maximum Gasteiger partial charge on any atom is 0.391 e. The lowest BCUT2D eigenvalue weighted by Crippen LogP contribution is -2.30. The first-order chi connectivity index (χ1) is 9.91. The van der Waals surface area contributed by atoms with Gasteiger partial charge in [0, 0.05) is 17.9 Å². The lowest BCUT2D eigenvalue weighted by molar-refractivity contribution is -0.184. The fourth-order valence-corrected chi connectivity index (χ4v) is 2.92. The number of benzene rings is 1. The molecule has 116 valence electrons. The van der Waals surface area contributed by atoms with Gasteiger partial charge in [-0.15, -0.1) is 0 Å². The smallest absolute Gasteiger partial charge is 0.391 e. The molecule has 0 saturated heterocycles. The molecule has 0 spiro atoms. The topological polar surface area (TPSA) is 26.3 Å². The summed E-state index contributed by atoms with van der Waals surface area (Å²) in [7, 11) is 1.54. The van der Waals surface area contributed by atoms with Crippen LogP contribution in [0.2, 0.25) is 0 Å².